The van der Waals surface area contributed by atoms with Crippen molar-refractivity contribution in [2.75, 3.05) is 13.7 Å². The van der Waals surface area contributed by atoms with Crippen molar-refractivity contribution >= 4 is 35.0 Å². The van der Waals surface area contributed by atoms with Crippen molar-refractivity contribution in [3.63, 3.8) is 0 Å². The average Bonchev–Trinajstić information content (AvgIpc) is 3.07. The number of ether oxygens (including phenoxy) is 1. The molecule has 28 heavy (non-hydrogen) atoms. The number of carbonyl (C=O) groups is 3. The molecular weight excluding hydrogens is 376 g/mol. The fraction of sp³-hybridized carbons (Fsp3) is 0.286. The highest BCUT2D eigenvalue weighted by Crippen LogP contribution is 2.34. The van der Waals surface area contributed by atoms with E-state index in [0.717, 1.165) is 39.3 Å². The Bertz CT molecular complexity index is 1020. The predicted octanol–water partition coefficient (Wildman–Crippen LogP) is 3.92. The molecule has 1 saturated heterocycles. The summed E-state index contributed by atoms with van der Waals surface area (Å²) in [7, 11) is 1.22. The molecule has 1 aromatic carbocycles. The third kappa shape index (κ3) is 3.49. The molecule has 1 aromatic heterocycles. The number of thioether (sulfide) groups is 1. The van der Waals surface area contributed by atoms with Gasteiger partial charge in [0.1, 0.15) is 6.54 Å². The Labute approximate surface area is 168 Å². The number of imide groups is 1. The van der Waals surface area contributed by atoms with Gasteiger partial charge < -0.3 is 9.30 Å². The maximum atomic E-state index is 12.5. The Morgan fingerprint density at radius 1 is 1.18 bits per heavy atom. The molecule has 1 aliphatic heterocycles. The van der Waals surface area contributed by atoms with Crippen LogP contribution in [0.4, 0.5) is 4.79 Å². The van der Waals surface area contributed by atoms with Crippen molar-refractivity contribution in [1.29, 1.82) is 0 Å². The molecule has 1 fully saturated rings. The van der Waals surface area contributed by atoms with Crippen LogP contribution in [0.25, 0.3) is 11.8 Å². The van der Waals surface area contributed by atoms with Gasteiger partial charge in [0.15, 0.2) is 0 Å². The molecule has 2 aromatic rings. The lowest BCUT2D eigenvalue weighted by Crippen LogP contribution is -2.34. The Kier molecular flexibility index (Phi) is 5.47. The minimum atomic E-state index is -0.628. The summed E-state index contributed by atoms with van der Waals surface area (Å²) in [6.45, 7) is 7.78. The zero-order valence-electron chi connectivity index (χ0n) is 16.5. The van der Waals surface area contributed by atoms with Crippen LogP contribution in [0, 0.1) is 27.7 Å². The second kappa shape index (κ2) is 7.67. The number of amides is 2. The van der Waals surface area contributed by atoms with E-state index in [-0.39, 0.29) is 6.54 Å². The molecule has 2 amide bonds. The molecule has 0 saturated carbocycles. The van der Waals surface area contributed by atoms with Crippen LogP contribution in [0.1, 0.15) is 28.1 Å². The molecule has 1 aliphatic rings. The number of nitrogens with zero attached hydrogens (tertiary/aromatic N) is 2. The first kappa shape index (κ1) is 19.9. The maximum Gasteiger partial charge on any atom is 0.325 e. The highest BCUT2D eigenvalue weighted by Gasteiger charge is 2.36. The highest BCUT2D eigenvalue weighted by molar-refractivity contribution is 8.18. The van der Waals surface area contributed by atoms with Crippen LogP contribution < -0.4 is 0 Å². The lowest BCUT2D eigenvalue weighted by Gasteiger charge is -2.14. The lowest BCUT2D eigenvalue weighted by atomic mass is 10.1. The Balaban J connectivity index is 1.98. The Morgan fingerprint density at radius 3 is 2.57 bits per heavy atom. The SMILES string of the molecule is COC(=O)CN1C(=O)S/C(=C\c2cc(C)n(-c3cccc(C)c3C)c2C)C1=O. The molecule has 3 rings (SSSR count). The first-order chi connectivity index (χ1) is 13.2. The Hall–Kier alpha value is -2.80. The number of carbonyl (C=O) groups excluding carboxylic acids is 3. The van der Waals surface area contributed by atoms with Crippen LogP contribution in [0.3, 0.4) is 0 Å². The number of benzene rings is 1. The van der Waals surface area contributed by atoms with Gasteiger partial charge in [-0.2, -0.15) is 0 Å². The zero-order valence-corrected chi connectivity index (χ0v) is 17.3. The van der Waals surface area contributed by atoms with Gasteiger partial charge >= 0.3 is 5.97 Å². The van der Waals surface area contributed by atoms with Crippen LogP contribution in [0.5, 0.6) is 0 Å². The third-order valence-electron chi connectivity index (χ3n) is 4.96. The first-order valence-corrected chi connectivity index (χ1v) is 9.64. The molecule has 0 bridgehead atoms. The van der Waals surface area contributed by atoms with Gasteiger partial charge in [-0.1, -0.05) is 12.1 Å². The monoisotopic (exact) mass is 398 g/mol. The van der Waals surface area contributed by atoms with E-state index in [1.165, 1.54) is 18.2 Å². The molecule has 6 nitrogen and oxygen atoms in total. The highest BCUT2D eigenvalue weighted by atomic mass is 32.2. The van der Waals surface area contributed by atoms with Crippen LogP contribution in [-0.2, 0) is 14.3 Å². The summed E-state index contributed by atoms with van der Waals surface area (Å²) in [5.41, 5.74) is 6.36. The van der Waals surface area contributed by atoms with Crippen LogP contribution in [0.2, 0.25) is 0 Å². The maximum absolute atomic E-state index is 12.5. The summed E-state index contributed by atoms with van der Waals surface area (Å²) in [5.74, 6) is -1.10. The van der Waals surface area contributed by atoms with Gasteiger partial charge in [-0.05, 0) is 74.4 Å². The van der Waals surface area contributed by atoms with Gasteiger partial charge in [-0.15, -0.1) is 0 Å². The number of hydrogen-bond acceptors (Lipinski definition) is 5. The van der Waals surface area contributed by atoms with Gasteiger partial charge in [-0.3, -0.25) is 19.3 Å². The van der Waals surface area contributed by atoms with Gasteiger partial charge in [-0.25, -0.2) is 0 Å². The molecule has 0 spiro atoms. The molecule has 7 heteroatoms. The lowest BCUT2D eigenvalue weighted by molar-refractivity contribution is -0.143. The van der Waals surface area contributed by atoms with E-state index in [1.807, 2.05) is 26.0 Å². The quantitative estimate of drug-likeness (QED) is 0.577. The molecule has 0 aliphatic carbocycles. The van der Waals surface area contributed by atoms with Crippen LogP contribution in [-0.4, -0.2) is 40.2 Å². The fourth-order valence-corrected chi connectivity index (χ4v) is 4.08. The normalized spacial score (nSPS) is 15.6. The number of methoxy groups -OCH3 is 1. The summed E-state index contributed by atoms with van der Waals surface area (Å²) in [4.78, 5) is 37.3. The van der Waals surface area contributed by atoms with Crippen molar-refractivity contribution in [2.45, 2.75) is 27.7 Å². The van der Waals surface area contributed by atoms with Gasteiger partial charge in [0.25, 0.3) is 11.1 Å². The van der Waals surface area contributed by atoms with Crippen molar-refractivity contribution in [2.24, 2.45) is 0 Å². The summed E-state index contributed by atoms with van der Waals surface area (Å²) in [6.07, 6.45) is 1.71. The van der Waals surface area contributed by atoms with E-state index < -0.39 is 17.1 Å². The van der Waals surface area contributed by atoms with Crippen molar-refractivity contribution in [1.82, 2.24) is 9.47 Å². The van der Waals surface area contributed by atoms with E-state index in [9.17, 15) is 14.4 Å². The number of esters is 1. The van der Waals surface area contributed by atoms with Crippen molar-refractivity contribution < 1.29 is 19.1 Å². The minimum Gasteiger partial charge on any atom is -0.468 e. The molecular formula is C21H22N2O4S. The van der Waals surface area contributed by atoms with Crippen LogP contribution >= 0.6 is 11.8 Å². The minimum absolute atomic E-state index is 0.301. The zero-order chi connectivity index (χ0) is 20.6. The number of aryl methyl sites for hydroxylation is 2. The van der Waals surface area contributed by atoms with E-state index in [4.69, 9.17) is 0 Å². The largest absolute Gasteiger partial charge is 0.468 e. The van der Waals surface area contributed by atoms with E-state index in [1.54, 1.807) is 6.08 Å². The first-order valence-electron chi connectivity index (χ1n) is 8.82. The smallest absolute Gasteiger partial charge is 0.325 e. The topological polar surface area (TPSA) is 68.6 Å². The fourth-order valence-electron chi connectivity index (χ4n) is 3.25. The molecule has 0 radical (unpaired) electrons. The number of aromatic nitrogens is 1. The van der Waals surface area contributed by atoms with E-state index >= 15 is 0 Å². The van der Waals surface area contributed by atoms with Crippen LogP contribution in [0.15, 0.2) is 29.2 Å². The molecule has 146 valence electrons. The Morgan fingerprint density at radius 2 is 1.89 bits per heavy atom. The second-order valence-electron chi connectivity index (χ2n) is 6.72. The number of rotatable bonds is 4. The van der Waals surface area contributed by atoms with Gasteiger partial charge in [0.2, 0.25) is 0 Å². The molecule has 0 unspecified atom stereocenters. The van der Waals surface area contributed by atoms with Crippen molar-refractivity contribution in [3.8, 4) is 5.69 Å². The molecule has 2 heterocycles. The van der Waals surface area contributed by atoms with E-state index in [0.29, 0.717) is 4.91 Å². The van der Waals surface area contributed by atoms with Crippen molar-refractivity contribution in [3.05, 3.63) is 57.2 Å². The summed E-state index contributed by atoms with van der Waals surface area (Å²) in [5, 5.41) is -0.468. The predicted molar refractivity (Wildman–Crippen MR) is 109 cm³/mol. The third-order valence-corrected chi connectivity index (χ3v) is 5.87. The molecule has 0 atom stereocenters. The summed E-state index contributed by atoms with van der Waals surface area (Å²) < 4.78 is 6.70. The second-order valence-corrected chi connectivity index (χ2v) is 7.72. The van der Waals surface area contributed by atoms with E-state index in [2.05, 4.69) is 35.3 Å². The standard InChI is InChI=1S/C21H22N2O4S/c1-12-7-6-8-17(14(12)3)23-13(2)9-16(15(23)4)10-18-20(25)22(21(26)28-18)11-19(24)27-5/h6-10H,11H2,1-5H3/b18-10-. The summed E-state index contributed by atoms with van der Waals surface area (Å²) >= 11 is 0.836. The number of hydrogen-bond donors (Lipinski definition) is 0. The van der Waals surface area contributed by atoms with Gasteiger partial charge in [0.05, 0.1) is 12.0 Å². The van der Waals surface area contributed by atoms with Gasteiger partial charge in [0, 0.05) is 17.1 Å². The average molecular weight is 398 g/mol. The summed E-state index contributed by atoms with van der Waals surface area (Å²) in [6, 6.07) is 8.15. The molecule has 0 N–H and O–H groups in total.